The summed E-state index contributed by atoms with van der Waals surface area (Å²) in [4.78, 5) is 14.9. The van der Waals surface area contributed by atoms with E-state index in [1.54, 1.807) is 0 Å². The fraction of sp³-hybridized carbons (Fsp3) is 0.682. The Morgan fingerprint density at radius 3 is 2.12 bits per heavy atom. The van der Waals surface area contributed by atoms with Gasteiger partial charge in [0.05, 0.1) is 6.54 Å². The smallest absolute Gasteiger partial charge is 0.238 e. The summed E-state index contributed by atoms with van der Waals surface area (Å²) in [6, 6.07) is 8.34. The van der Waals surface area contributed by atoms with Gasteiger partial charge in [-0.05, 0) is 93.4 Å². The van der Waals surface area contributed by atoms with Gasteiger partial charge >= 0.3 is 0 Å². The van der Waals surface area contributed by atoms with Crippen molar-refractivity contribution in [2.45, 2.75) is 56.9 Å². The third kappa shape index (κ3) is 3.24. The number of nitrogens with one attached hydrogen (secondary N) is 2. The Morgan fingerprint density at radius 2 is 1.54 bits per heavy atom. The monoisotopic (exact) mass is 353 g/mol. The second-order valence-electron chi connectivity index (χ2n) is 9.34. The average molecular weight is 354 g/mol. The highest BCUT2D eigenvalue weighted by molar-refractivity contribution is 5.92. The molecule has 5 aliphatic rings. The van der Waals surface area contributed by atoms with Crippen LogP contribution in [0.4, 0.5) is 11.4 Å². The van der Waals surface area contributed by atoms with Crippen LogP contribution in [-0.4, -0.2) is 31.1 Å². The summed E-state index contributed by atoms with van der Waals surface area (Å²) >= 11 is 0. The number of amides is 1. The topological polar surface area (TPSA) is 44.4 Å². The van der Waals surface area contributed by atoms with E-state index in [4.69, 9.17) is 0 Å². The van der Waals surface area contributed by atoms with Crippen LogP contribution in [0.3, 0.4) is 0 Å². The molecule has 4 heteroatoms. The molecule has 0 atom stereocenters. The predicted molar refractivity (Wildman–Crippen MR) is 105 cm³/mol. The molecule has 0 spiro atoms. The fourth-order valence-electron chi connectivity index (χ4n) is 6.53. The van der Waals surface area contributed by atoms with Crippen molar-refractivity contribution in [2.75, 3.05) is 29.9 Å². The molecule has 1 amide bonds. The van der Waals surface area contributed by atoms with Crippen LogP contribution in [0.5, 0.6) is 0 Å². The molecule has 1 heterocycles. The van der Waals surface area contributed by atoms with Crippen molar-refractivity contribution in [3.63, 3.8) is 0 Å². The van der Waals surface area contributed by atoms with E-state index < -0.39 is 0 Å². The molecule has 1 aromatic rings. The van der Waals surface area contributed by atoms with Gasteiger partial charge in [0, 0.05) is 30.0 Å². The number of hydrogen-bond donors (Lipinski definition) is 2. The van der Waals surface area contributed by atoms with Crippen LogP contribution in [0.1, 0.15) is 51.4 Å². The molecule has 4 saturated carbocycles. The number of benzene rings is 1. The van der Waals surface area contributed by atoms with Crippen molar-refractivity contribution in [1.82, 2.24) is 5.32 Å². The number of hydrogen-bond acceptors (Lipinski definition) is 3. The number of rotatable bonds is 5. The maximum atomic E-state index is 12.5. The summed E-state index contributed by atoms with van der Waals surface area (Å²) in [6.07, 6.45) is 10.8. The van der Waals surface area contributed by atoms with E-state index in [1.807, 2.05) is 12.1 Å². The van der Waals surface area contributed by atoms with Gasteiger partial charge in [-0.2, -0.15) is 0 Å². The Hall–Kier alpha value is -1.55. The Kier molecular flexibility index (Phi) is 4.19. The Labute approximate surface area is 156 Å². The highest BCUT2D eigenvalue weighted by Crippen LogP contribution is 2.55. The lowest BCUT2D eigenvalue weighted by Gasteiger charge is -2.57. The molecule has 4 aliphatic carbocycles. The largest absolute Gasteiger partial charge is 0.372 e. The summed E-state index contributed by atoms with van der Waals surface area (Å²) in [5.74, 6) is 2.83. The third-order valence-corrected chi connectivity index (χ3v) is 7.28. The number of carbonyl (C=O) groups excluding carboxylic acids is 1. The summed E-state index contributed by atoms with van der Waals surface area (Å²) in [7, 11) is 0. The fourth-order valence-corrected chi connectivity index (χ4v) is 6.53. The second kappa shape index (κ2) is 6.56. The highest BCUT2D eigenvalue weighted by Gasteiger charge is 2.50. The molecule has 26 heavy (non-hydrogen) atoms. The van der Waals surface area contributed by atoms with E-state index in [0.29, 0.717) is 6.54 Å². The molecule has 1 saturated heterocycles. The first-order valence-electron chi connectivity index (χ1n) is 10.6. The van der Waals surface area contributed by atoms with Crippen LogP contribution in [-0.2, 0) is 4.79 Å². The third-order valence-electron chi connectivity index (χ3n) is 7.28. The van der Waals surface area contributed by atoms with Gasteiger partial charge in [0.25, 0.3) is 0 Å². The molecule has 2 N–H and O–H groups in total. The Morgan fingerprint density at radius 1 is 0.962 bits per heavy atom. The van der Waals surface area contributed by atoms with E-state index in [0.717, 1.165) is 36.5 Å². The molecule has 6 rings (SSSR count). The van der Waals surface area contributed by atoms with Gasteiger partial charge in [0.15, 0.2) is 0 Å². The molecule has 0 radical (unpaired) electrons. The van der Waals surface area contributed by atoms with E-state index in [-0.39, 0.29) is 11.4 Å². The van der Waals surface area contributed by atoms with Gasteiger partial charge in [-0.25, -0.2) is 0 Å². The van der Waals surface area contributed by atoms with Crippen molar-refractivity contribution in [3.8, 4) is 0 Å². The Balaban J connectivity index is 1.15. The second-order valence-corrected chi connectivity index (χ2v) is 9.34. The van der Waals surface area contributed by atoms with Crippen molar-refractivity contribution in [1.29, 1.82) is 0 Å². The van der Waals surface area contributed by atoms with Gasteiger partial charge in [-0.3, -0.25) is 4.79 Å². The molecule has 0 unspecified atom stereocenters. The minimum absolute atomic E-state index is 0.0923. The number of carbonyl (C=O) groups is 1. The molecule has 1 aromatic carbocycles. The highest BCUT2D eigenvalue weighted by atomic mass is 16.1. The molecule has 5 fully saturated rings. The molecule has 4 bridgehead atoms. The van der Waals surface area contributed by atoms with Gasteiger partial charge in [-0.15, -0.1) is 0 Å². The zero-order chi connectivity index (χ0) is 17.6. The first-order valence-corrected chi connectivity index (χ1v) is 10.6. The lowest BCUT2D eigenvalue weighted by molar-refractivity contribution is -0.116. The molecule has 140 valence electrons. The van der Waals surface area contributed by atoms with Crippen LogP contribution in [0.25, 0.3) is 0 Å². The van der Waals surface area contributed by atoms with Gasteiger partial charge in [-0.1, -0.05) is 0 Å². The zero-order valence-corrected chi connectivity index (χ0v) is 15.7. The van der Waals surface area contributed by atoms with E-state index in [9.17, 15) is 4.79 Å². The maximum Gasteiger partial charge on any atom is 0.238 e. The average Bonchev–Trinajstić information content (AvgIpc) is 3.14. The predicted octanol–water partition coefficient (Wildman–Crippen LogP) is 3.78. The van der Waals surface area contributed by atoms with E-state index >= 15 is 0 Å². The molecular formula is C22H31N3O. The summed E-state index contributed by atoms with van der Waals surface area (Å²) in [6.45, 7) is 2.75. The molecule has 1 aliphatic heterocycles. The van der Waals surface area contributed by atoms with E-state index in [2.05, 4.69) is 27.7 Å². The quantitative estimate of drug-likeness (QED) is 0.847. The van der Waals surface area contributed by atoms with Gasteiger partial charge < -0.3 is 15.5 Å². The van der Waals surface area contributed by atoms with Crippen LogP contribution in [0.2, 0.25) is 0 Å². The number of nitrogens with zero attached hydrogens (tertiary/aromatic N) is 1. The minimum atomic E-state index is 0.0923. The van der Waals surface area contributed by atoms with Crippen LogP contribution in [0.15, 0.2) is 24.3 Å². The maximum absolute atomic E-state index is 12.5. The van der Waals surface area contributed by atoms with Crippen molar-refractivity contribution in [3.05, 3.63) is 24.3 Å². The SMILES string of the molecule is O=C(CNC12CC3CC(CC(C3)C1)C2)Nc1ccc(N2CCCC2)cc1. The summed E-state index contributed by atoms with van der Waals surface area (Å²) < 4.78 is 0. The van der Waals surface area contributed by atoms with Crippen LogP contribution >= 0.6 is 0 Å². The standard InChI is InChI=1S/C22H31N3O/c26-21(24-19-3-5-20(6-4-19)25-7-1-2-8-25)15-23-22-12-16-9-17(13-22)11-18(10-16)14-22/h3-6,16-18,23H,1-2,7-15H2,(H,24,26). The zero-order valence-electron chi connectivity index (χ0n) is 15.7. The first kappa shape index (κ1) is 16.6. The lowest BCUT2D eigenvalue weighted by atomic mass is 9.53. The molecule has 4 nitrogen and oxygen atoms in total. The van der Waals surface area contributed by atoms with Crippen molar-refractivity contribution >= 4 is 17.3 Å². The van der Waals surface area contributed by atoms with E-state index in [1.165, 1.54) is 57.1 Å². The van der Waals surface area contributed by atoms with Gasteiger partial charge in [0.1, 0.15) is 0 Å². The summed E-state index contributed by atoms with van der Waals surface area (Å²) in [5, 5.41) is 6.76. The normalized spacial score (nSPS) is 35.1. The van der Waals surface area contributed by atoms with Crippen molar-refractivity contribution < 1.29 is 4.79 Å². The Bertz CT molecular complexity index is 627. The molecule has 0 aromatic heterocycles. The van der Waals surface area contributed by atoms with Gasteiger partial charge in [0.2, 0.25) is 5.91 Å². The lowest BCUT2D eigenvalue weighted by Crippen LogP contribution is -2.59. The van der Waals surface area contributed by atoms with Crippen molar-refractivity contribution in [2.24, 2.45) is 17.8 Å². The first-order chi connectivity index (χ1) is 12.7. The minimum Gasteiger partial charge on any atom is -0.372 e. The molecular weight excluding hydrogens is 322 g/mol. The summed E-state index contributed by atoms with van der Waals surface area (Å²) in [5.41, 5.74) is 2.43. The van der Waals surface area contributed by atoms with Crippen LogP contribution < -0.4 is 15.5 Å². The van der Waals surface area contributed by atoms with Crippen LogP contribution in [0, 0.1) is 17.8 Å². The number of anilines is 2.